The summed E-state index contributed by atoms with van der Waals surface area (Å²) in [5, 5.41) is 7.09. The first-order valence-electron chi connectivity index (χ1n) is 3.04. The topological polar surface area (TPSA) is 114 Å². The second-order valence-electron chi connectivity index (χ2n) is 2.08. The van der Waals surface area contributed by atoms with Gasteiger partial charge in [0.1, 0.15) is 11.7 Å². The molecule has 11 heavy (non-hydrogen) atoms. The zero-order valence-corrected chi connectivity index (χ0v) is 6.68. The van der Waals surface area contributed by atoms with E-state index in [1.807, 2.05) is 0 Å². The monoisotopic (exact) mass is 155 g/mol. The van der Waals surface area contributed by atoms with Crippen molar-refractivity contribution in [3.63, 3.8) is 0 Å². The summed E-state index contributed by atoms with van der Waals surface area (Å²) in [5.74, 6) is 0.0330. The highest BCUT2D eigenvalue weighted by atomic mass is 14.9. The lowest BCUT2D eigenvalue weighted by Gasteiger charge is -2.05. The molecular formula is C6H13N5. The summed E-state index contributed by atoms with van der Waals surface area (Å²) < 4.78 is 0. The van der Waals surface area contributed by atoms with Gasteiger partial charge in [-0.2, -0.15) is 0 Å². The molecule has 0 amide bonds. The number of nitrogens with two attached hydrogens (primary N) is 3. The minimum atomic E-state index is -0.159. The fourth-order valence-electron chi connectivity index (χ4n) is 0.664. The van der Waals surface area contributed by atoms with Crippen LogP contribution in [0.3, 0.4) is 0 Å². The molecule has 0 aliphatic carbocycles. The third kappa shape index (κ3) is 2.29. The maximum Gasteiger partial charge on any atom is 0.130 e. The van der Waals surface area contributed by atoms with Crippen LogP contribution in [-0.4, -0.2) is 18.7 Å². The molecule has 62 valence electrons. The number of allylic oxidation sites excluding steroid dienone is 1. The van der Waals surface area contributed by atoms with E-state index in [1.54, 1.807) is 6.92 Å². The molecule has 0 saturated carbocycles. The van der Waals surface area contributed by atoms with Crippen LogP contribution >= 0.6 is 0 Å². The Bertz CT molecular complexity index is 221. The fourth-order valence-corrected chi connectivity index (χ4v) is 0.664. The second-order valence-corrected chi connectivity index (χ2v) is 2.08. The highest BCUT2D eigenvalue weighted by Crippen LogP contribution is 1.97. The van der Waals surface area contributed by atoms with Crippen LogP contribution in [0.1, 0.15) is 6.92 Å². The zero-order chi connectivity index (χ0) is 9.02. The van der Waals surface area contributed by atoms with Gasteiger partial charge in [-0.1, -0.05) is 0 Å². The molecule has 7 N–H and O–H groups in total. The molecule has 0 heterocycles. The Labute approximate surface area is 65.5 Å². The van der Waals surface area contributed by atoms with E-state index in [1.165, 1.54) is 7.05 Å². The van der Waals surface area contributed by atoms with E-state index in [2.05, 4.69) is 4.99 Å². The van der Waals surface area contributed by atoms with Crippen molar-refractivity contribution in [2.45, 2.75) is 6.92 Å². The van der Waals surface area contributed by atoms with Crippen LogP contribution in [0.4, 0.5) is 0 Å². The Morgan fingerprint density at radius 3 is 1.82 bits per heavy atom. The first kappa shape index (κ1) is 9.48. The van der Waals surface area contributed by atoms with Gasteiger partial charge in [0.2, 0.25) is 0 Å². The van der Waals surface area contributed by atoms with E-state index >= 15 is 0 Å². The summed E-state index contributed by atoms with van der Waals surface area (Å²) in [4.78, 5) is 3.67. The molecule has 0 aromatic rings. The van der Waals surface area contributed by atoms with Crippen LogP contribution in [0, 0.1) is 5.41 Å². The summed E-state index contributed by atoms with van der Waals surface area (Å²) in [6.07, 6.45) is 0. The molecule has 0 aromatic heterocycles. The highest BCUT2D eigenvalue weighted by Gasteiger charge is 2.07. The summed E-state index contributed by atoms with van der Waals surface area (Å²) in [5.41, 5.74) is 16.7. The molecule has 0 aliphatic heterocycles. The van der Waals surface area contributed by atoms with E-state index < -0.39 is 0 Å². The predicted molar refractivity (Wildman–Crippen MR) is 46.3 cm³/mol. The van der Waals surface area contributed by atoms with Crippen molar-refractivity contribution in [3.8, 4) is 0 Å². The summed E-state index contributed by atoms with van der Waals surface area (Å²) in [6, 6.07) is 0. The first-order chi connectivity index (χ1) is 5.00. The largest absolute Gasteiger partial charge is 0.402 e. The van der Waals surface area contributed by atoms with Crippen molar-refractivity contribution in [1.82, 2.24) is 0 Å². The number of hydrogen-bond acceptors (Lipinski definition) is 3. The number of hydrogen-bond donors (Lipinski definition) is 4. The Morgan fingerprint density at radius 1 is 1.27 bits per heavy atom. The predicted octanol–water partition coefficient (Wildman–Crippen LogP) is -0.858. The molecule has 0 unspecified atom stereocenters. The maximum absolute atomic E-state index is 7.09. The van der Waals surface area contributed by atoms with E-state index in [4.69, 9.17) is 22.6 Å². The molecule has 5 nitrogen and oxygen atoms in total. The van der Waals surface area contributed by atoms with Crippen molar-refractivity contribution >= 4 is 11.7 Å². The molecule has 0 rings (SSSR count). The number of rotatable bonds is 2. The third-order valence-corrected chi connectivity index (χ3v) is 1.16. The quantitative estimate of drug-likeness (QED) is 0.307. The molecule has 0 saturated heterocycles. The van der Waals surface area contributed by atoms with Gasteiger partial charge in [-0.3, -0.25) is 10.4 Å². The Morgan fingerprint density at radius 2 is 1.73 bits per heavy atom. The fraction of sp³-hybridized carbons (Fsp3) is 0.333. The van der Waals surface area contributed by atoms with E-state index in [-0.39, 0.29) is 11.7 Å². The van der Waals surface area contributed by atoms with Crippen LogP contribution in [0.5, 0.6) is 0 Å². The summed E-state index contributed by atoms with van der Waals surface area (Å²) in [7, 11) is 1.52. The SMILES string of the molecule is CN=C(N)C(C(=N)N)=C(C)N. The average Bonchev–Trinajstić information content (AvgIpc) is 1.85. The minimum Gasteiger partial charge on any atom is -0.402 e. The number of nitrogens with one attached hydrogen (secondary N) is 1. The van der Waals surface area contributed by atoms with E-state index in [9.17, 15) is 0 Å². The molecule has 0 spiro atoms. The Kier molecular flexibility index (Phi) is 3.10. The van der Waals surface area contributed by atoms with Gasteiger partial charge in [-0.25, -0.2) is 0 Å². The molecule has 0 aromatic carbocycles. The standard InChI is InChI=1S/C6H13N5/c1-3(7)4(5(8)9)6(10)11-2/h7H2,1-2H3,(H3,8,9)(H2,10,11). The van der Waals surface area contributed by atoms with E-state index in [0.717, 1.165) is 0 Å². The highest BCUT2D eigenvalue weighted by molar-refractivity contribution is 6.21. The van der Waals surface area contributed by atoms with Crippen molar-refractivity contribution < 1.29 is 0 Å². The maximum atomic E-state index is 7.09. The van der Waals surface area contributed by atoms with Gasteiger partial charge >= 0.3 is 0 Å². The summed E-state index contributed by atoms with van der Waals surface area (Å²) >= 11 is 0. The number of nitrogens with zero attached hydrogens (tertiary/aromatic N) is 1. The smallest absolute Gasteiger partial charge is 0.130 e. The second kappa shape index (κ2) is 3.60. The molecular weight excluding hydrogens is 142 g/mol. The van der Waals surface area contributed by atoms with Crippen molar-refractivity contribution in [3.05, 3.63) is 11.3 Å². The van der Waals surface area contributed by atoms with Crippen LogP contribution < -0.4 is 17.2 Å². The normalized spacial score (nSPS) is 14.2. The van der Waals surface area contributed by atoms with Crippen molar-refractivity contribution in [1.29, 1.82) is 5.41 Å². The number of aliphatic imine (C=N–C) groups is 1. The molecule has 0 aliphatic rings. The van der Waals surface area contributed by atoms with Crippen molar-refractivity contribution in [2.75, 3.05) is 7.05 Å². The van der Waals surface area contributed by atoms with Crippen LogP contribution in [0.2, 0.25) is 0 Å². The minimum absolute atomic E-state index is 0.159. The van der Waals surface area contributed by atoms with Gasteiger partial charge in [-0.05, 0) is 6.92 Å². The number of amidine groups is 2. The van der Waals surface area contributed by atoms with Gasteiger partial charge in [0.05, 0.1) is 5.57 Å². The lowest BCUT2D eigenvalue weighted by molar-refractivity contribution is 1.26. The first-order valence-corrected chi connectivity index (χ1v) is 3.04. The Hall–Kier alpha value is -1.52. The molecule has 0 atom stereocenters. The molecule has 0 radical (unpaired) electrons. The van der Waals surface area contributed by atoms with Gasteiger partial charge in [0.15, 0.2) is 0 Å². The molecule has 0 bridgehead atoms. The zero-order valence-electron chi connectivity index (χ0n) is 6.68. The lowest BCUT2D eigenvalue weighted by atomic mass is 10.2. The van der Waals surface area contributed by atoms with Gasteiger partial charge in [0, 0.05) is 12.7 Å². The van der Waals surface area contributed by atoms with Crippen LogP contribution in [-0.2, 0) is 0 Å². The molecule has 0 fully saturated rings. The van der Waals surface area contributed by atoms with Crippen LogP contribution in [0.15, 0.2) is 16.3 Å². The van der Waals surface area contributed by atoms with Gasteiger partial charge < -0.3 is 17.2 Å². The molecule has 5 heteroatoms. The average molecular weight is 155 g/mol. The lowest BCUT2D eigenvalue weighted by Crippen LogP contribution is -2.28. The Balaban J connectivity index is 4.95. The third-order valence-electron chi connectivity index (χ3n) is 1.16. The van der Waals surface area contributed by atoms with Crippen LogP contribution in [0.25, 0.3) is 0 Å². The van der Waals surface area contributed by atoms with E-state index in [0.29, 0.717) is 11.3 Å². The van der Waals surface area contributed by atoms with Gasteiger partial charge in [0.25, 0.3) is 0 Å². The summed E-state index contributed by atoms with van der Waals surface area (Å²) in [6.45, 7) is 1.62. The van der Waals surface area contributed by atoms with Gasteiger partial charge in [-0.15, -0.1) is 0 Å². The van der Waals surface area contributed by atoms with Crippen molar-refractivity contribution in [2.24, 2.45) is 22.2 Å².